The van der Waals surface area contributed by atoms with Crippen molar-refractivity contribution in [1.29, 1.82) is 0 Å². The van der Waals surface area contributed by atoms with Gasteiger partial charge in [-0.15, -0.1) is 0 Å². The van der Waals surface area contributed by atoms with Crippen molar-refractivity contribution in [2.75, 3.05) is 20.1 Å². The fourth-order valence-corrected chi connectivity index (χ4v) is 2.84. The molecular formula is C15H24N2. The van der Waals surface area contributed by atoms with Crippen molar-refractivity contribution in [3.63, 3.8) is 0 Å². The molecular weight excluding hydrogens is 208 g/mol. The Morgan fingerprint density at radius 3 is 2.65 bits per heavy atom. The summed E-state index contributed by atoms with van der Waals surface area (Å²) in [4.78, 5) is 2.43. The van der Waals surface area contributed by atoms with Gasteiger partial charge in [-0.25, -0.2) is 0 Å². The van der Waals surface area contributed by atoms with E-state index in [1.165, 1.54) is 25.1 Å². The highest BCUT2D eigenvalue weighted by atomic mass is 15.1. The number of likely N-dealkylation sites (tertiary alicyclic amines) is 1. The smallest absolute Gasteiger partial charge is 0.0208 e. The third-order valence-corrected chi connectivity index (χ3v) is 3.82. The minimum Gasteiger partial charge on any atom is -0.309 e. The van der Waals surface area contributed by atoms with Gasteiger partial charge in [0.2, 0.25) is 0 Å². The zero-order valence-electron chi connectivity index (χ0n) is 11.2. The minimum absolute atomic E-state index is 0.363. The lowest BCUT2D eigenvalue weighted by molar-refractivity contribution is 0.0956. The quantitative estimate of drug-likeness (QED) is 0.861. The summed E-state index contributed by atoms with van der Waals surface area (Å²) in [6, 6.07) is 11.3. The lowest BCUT2D eigenvalue weighted by Crippen LogP contribution is -2.53. The molecule has 2 rings (SSSR count). The van der Waals surface area contributed by atoms with Crippen LogP contribution in [0.4, 0.5) is 0 Å². The molecule has 1 unspecified atom stereocenters. The van der Waals surface area contributed by atoms with Crippen LogP contribution in [-0.2, 0) is 6.54 Å². The van der Waals surface area contributed by atoms with Crippen LogP contribution in [-0.4, -0.2) is 31.1 Å². The highest BCUT2D eigenvalue weighted by Gasteiger charge is 2.33. The predicted molar refractivity (Wildman–Crippen MR) is 73.0 cm³/mol. The lowest BCUT2D eigenvalue weighted by Gasteiger charge is -2.43. The lowest BCUT2D eigenvalue weighted by atomic mass is 9.79. The molecule has 17 heavy (non-hydrogen) atoms. The summed E-state index contributed by atoms with van der Waals surface area (Å²) in [6.07, 6.45) is 1.25. The van der Waals surface area contributed by atoms with E-state index >= 15 is 0 Å². The van der Waals surface area contributed by atoms with Crippen molar-refractivity contribution in [2.24, 2.45) is 5.41 Å². The normalized spacial score (nSPS) is 24.8. The van der Waals surface area contributed by atoms with E-state index in [-0.39, 0.29) is 0 Å². The predicted octanol–water partition coefficient (Wildman–Crippen LogP) is 2.51. The van der Waals surface area contributed by atoms with Crippen LogP contribution in [0.2, 0.25) is 0 Å². The Hall–Kier alpha value is -0.860. The maximum atomic E-state index is 3.72. The summed E-state index contributed by atoms with van der Waals surface area (Å²) >= 11 is 0. The number of nitrogens with zero attached hydrogens (tertiary/aromatic N) is 1. The third kappa shape index (κ3) is 3.30. The van der Waals surface area contributed by atoms with E-state index in [1.54, 1.807) is 0 Å². The van der Waals surface area contributed by atoms with Gasteiger partial charge in [0.1, 0.15) is 0 Å². The fourth-order valence-electron chi connectivity index (χ4n) is 2.84. The average Bonchev–Trinajstić information content (AvgIpc) is 2.28. The van der Waals surface area contributed by atoms with E-state index in [1.807, 2.05) is 0 Å². The Morgan fingerprint density at radius 1 is 1.29 bits per heavy atom. The molecule has 0 bridgehead atoms. The molecule has 1 aliphatic heterocycles. The Morgan fingerprint density at radius 2 is 2.00 bits per heavy atom. The second-order valence-corrected chi connectivity index (χ2v) is 5.93. The van der Waals surface area contributed by atoms with Gasteiger partial charge in [-0.1, -0.05) is 44.2 Å². The van der Waals surface area contributed by atoms with Crippen LogP contribution in [0.25, 0.3) is 0 Å². The maximum Gasteiger partial charge on any atom is 0.0208 e. The van der Waals surface area contributed by atoms with Gasteiger partial charge in [-0.05, 0) is 31.0 Å². The molecule has 1 atom stereocenters. The number of nitrogens with one attached hydrogen (secondary N) is 1. The minimum atomic E-state index is 0.363. The molecule has 0 amide bonds. The van der Waals surface area contributed by atoms with Gasteiger partial charge in [0.25, 0.3) is 0 Å². The topological polar surface area (TPSA) is 15.3 Å². The SMILES string of the molecule is CN1CCC(NCc2ccccc2)C(C)(C)C1. The van der Waals surface area contributed by atoms with Crippen molar-refractivity contribution in [1.82, 2.24) is 10.2 Å². The summed E-state index contributed by atoms with van der Waals surface area (Å²) in [5.74, 6) is 0. The van der Waals surface area contributed by atoms with Crippen molar-refractivity contribution < 1.29 is 0 Å². The summed E-state index contributed by atoms with van der Waals surface area (Å²) in [5, 5.41) is 3.72. The molecule has 0 saturated carbocycles. The number of hydrogen-bond donors (Lipinski definition) is 1. The first-order chi connectivity index (χ1) is 8.08. The van der Waals surface area contributed by atoms with Gasteiger partial charge in [-0.3, -0.25) is 0 Å². The first-order valence-electron chi connectivity index (χ1n) is 6.54. The molecule has 1 heterocycles. The molecule has 1 fully saturated rings. The van der Waals surface area contributed by atoms with Gasteiger partial charge < -0.3 is 10.2 Å². The van der Waals surface area contributed by atoms with Gasteiger partial charge in [0.05, 0.1) is 0 Å². The molecule has 1 aromatic rings. The summed E-state index contributed by atoms with van der Waals surface area (Å²) < 4.78 is 0. The van der Waals surface area contributed by atoms with E-state index in [0.29, 0.717) is 11.5 Å². The molecule has 0 spiro atoms. The van der Waals surface area contributed by atoms with E-state index in [9.17, 15) is 0 Å². The molecule has 1 N–H and O–H groups in total. The Kier molecular flexibility index (Phi) is 3.85. The summed E-state index contributed by atoms with van der Waals surface area (Å²) in [6.45, 7) is 8.10. The van der Waals surface area contributed by atoms with Gasteiger partial charge in [-0.2, -0.15) is 0 Å². The van der Waals surface area contributed by atoms with Gasteiger partial charge in [0, 0.05) is 19.1 Å². The first kappa shape index (κ1) is 12.6. The van der Waals surface area contributed by atoms with E-state index < -0.39 is 0 Å². The first-order valence-corrected chi connectivity index (χ1v) is 6.54. The third-order valence-electron chi connectivity index (χ3n) is 3.82. The second kappa shape index (κ2) is 5.19. The van der Waals surface area contributed by atoms with Crippen LogP contribution in [0.5, 0.6) is 0 Å². The van der Waals surface area contributed by atoms with Crippen molar-refractivity contribution >= 4 is 0 Å². The molecule has 1 aliphatic rings. The maximum absolute atomic E-state index is 3.72. The molecule has 0 aromatic heterocycles. The zero-order chi connectivity index (χ0) is 12.3. The Balaban J connectivity index is 1.91. The monoisotopic (exact) mass is 232 g/mol. The molecule has 1 saturated heterocycles. The summed E-state index contributed by atoms with van der Waals surface area (Å²) in [5.41, 5.74) is 1.74. The highest BCUT2D eigenvalue weighted by molar-refractivity contribution is 5.14. The van der Waals surface area contributed by atoms with Crippen molar-refractivity contribution in [3.05, 3.63) is 35.9 Å². The number of hydrogen-bond acceptors (Lipinski definition) is 2. The average molecular weight is 232 g/mol. The highest BCUT2D eigenvalue weighted by Crippen LogP contribution is 2.28. The van der Waals surface area contributed by atoms with Crippen LogP contribution in [0.3, 0.4) is 0 Å². The van der Waals surface area contributed by atoms with E-state index in [0.717, 1.165) is 6.54 Å². The number of benzene rings is 1. The molecule has 0 aliphatic carbocycles. The number of piperidine rings is 1. The van der Waals surface area contributed by atoms with E-state index in [4.69, 9.17) is 0 Å². The van der Waals surface area contributed by atoms with Crippen LogP contribution in [0.1, 0.15) is 25.8 Å². The molecule has 2 heteroatoms. The molecule has 1 aromatic carbocycles. The Labute approximate surface area is 105 Å². The standard InChI is InChI=1S/C15H24N2/c1-15(2)12-17(3)10-9-14(15)16-11-13-7-5-4-6-8-13/h4-8,14,16H,9-12H2,1-3H3. The van der Waals surface area contributed by atoms with Gasteiger partial charge in [0.15, 0.2) is 0 Å². The van der Waals surface area contributed by atoms with Crippen LogP contribution in [0.15, 0.2) is 30.3 Å². The fraction of sp³-hybridized carbons (Fsp3) is 0.600. The van der Waals surface area contributed by atoms with Crippen LogP contribution >= 0.6 is 0 Å². The summed E-state index contributed by atoms with van der Waals surface area (Å²) in [7, 11) is 2.22. The second-order valence-electron chi connectivity index (χ2n) is 5.93. The molecule has 0 radical (unpaired) electrons. The Bertz CT molecular complexity index is 345. The van der Waals surface area contributed by atoms with Crippen LogP contribution in [0, 0.1) is 5.41 Å². The van der Waals surface area contributed by atoms with Crippen molar-refractivity contribution in [2.45, 2.75) is 32.9 Å². The largest absolute Gasteiger partial charge is 0.309 e. The van der Waals surface area contributed by atoms with Crippen molar-refractivity contribution in [3.8, 4) is 0 Å². The molecule has 2 nitrogen and oxygen atoms in total. The van der Waals surface area contributed by atoms with Gasteiger partial charge >= 0.3 is 0 Å². The van der Waals surface area contributed by atoms with E-state index in [2.05, 4.69) is 61.4 Å². The van der Waals surface area contributed by atoms with Crippen LogP contribution < -0.4 is 5.32 Å². The zero-order valence-corrected chi connectivity index (χ0v) is 11.2. The number of rotatable bonds is 3. The molecule has 94 valence electrons.